The number of nitrogens with zero attached hydrogens (tertiary/aromatic N) is 1. The van der Waals surface area contributed by atoms with E-state index >= 15 is 0 Å². The summed E-state index contributed by atoms with van der Waals surface area (Å²) in [5, 5.41) is 5.81. The maximum Gasteiger partial charge on any atom is 0.240 e. The number of nitrogens with one attached hydrogen (secondary N) is 2. The fourth-order valence-corrected chi connectivity index (χ4v) is 3.87. The molecule has 1 heterocycles. The van der Waals surface area contributed by atoms with Gasteiger partial charge in [0.05, 0.1) is 6.04 Å². The molecule has 0 radical (unpaired) electrons. The van der Waals surface area contributed by atoms with E-state index in [0.29, 0.717) is 5.17 Å². The van der Waals surface area contributed by atoms with Crippen molar-refractivity contribution in [3.63, 3.8) is 0 Å². The van der Waals surface area contributed by atoms with E-state index in [1.54, 1.807) is 0 Å². The highest BCUT2D eigenvalue weighted by molar-refractivity contribution is 8.15. The molecule has 1 saturated heterocycles. The fraction of sp³-hybridized carbons (Fsp3) is 0.286. The summed E-state index contributed by atoms with van der Waals surface area (Å²) < 4.78 is 0. The van der Waals surface area contributed by atoms with E-state index in [1.807, 2.05) is 69.3 Å². The third kappa shape index (κ3) is 4.98. The topological polar surface area (TPSA) is 70.6 Å². The van der Waals surface area contributed by atoms with Gasteiger partial charge in [-0.1, -0.05) is 54.2 Å². The molecule has 1 aliphatic heterocycles. The number of anilines is 1. The molecule has 140 valence electrons. The molecule has 0 bridgehead atoms. The van der Waals surface area contributed by atoms with Crippen LogP contribution < -0.4 is 10.6 Å². The Morgan fingerprint density at radius 2 is 1.96 bits per heavy atom. The zero-order chi connectivity index (χ0) is 19.4. The van der Waals surface area contributed by atoms with Crippen LogP contribution in [0.15, 0.2) is 53.5 Å². The Morgan fingerprint density at radius 1 is 1.22 bits per heavy atom. The smallest absolute Gasteiger partial charge is 0.240 e. The van der Waals surface area contributed by atoms with Crippen molar-refractivity contribution in [2.24, 2.45) is 4.99 Å². The molecule has 2 N–H and O–H groups in total. The average molecular weight is 382 g/mol. The number of hydrogen-bond acceptors (Lipinski definition) is 4. The summed E-state index contributed by atoms with van der Waals surface area (Å²) in [6, 6.07) is 15.7. The van der Waals surface area contributed by atoms with Gasteiger partial charge >= 0.3 is 0 Å². The van der Waals surface area contributed by atoms with E-state index in [9.17, 15) is 9.59 Å². The van der Waals surface area contributed by atoms with Crippen molar-refractivity contribution in [3.05, 3.63) is 65.2 Å². The van der Waals surface area contributed by atoms with Gasteiger partial charge in [0.15, 0.2) is 5.17 Å². The van der Waals surface area contributed by atoms with Crippen LogP contribution in [0.5, 0.6) is 0 Å². The Labute approximate surface area is 163 Å². The van der Waals surface area contributed by atoms with Crippen molar-refractivity contribution in [2.45, 2.75) is 38.5 Å². The summed E-state index contributed by atoms with van der Waals surface area (Å²) in [6.07, 6.45) is 0.114. The third-order valence-electron chi connectivity index (χ3n) is 4.41. The lowest BCUT2D eigenvalue weighted by Gasteiger charge is -2.10. The SMILES string of the molecule is Cc1ccc(C)c(NC(=O)C[C@@H]2SC(=N[C@@H](C)c3ccccc3)NC2=O)c1. The van der Waals surface area contributed by atoms with Crippen LogP contribution in [0.1, 0.15) is 36.1 Å². The Bertz CT molecular complexity index is 880. The van der Waals surface area contributed by atoms with Crippen molar-refractivity contribution in [2.75, 3.05) is 5.32 Å². The number of rotatable bonds is 5. The van der Waals surface area contributed by atoms with Gasteiger partial charge in [0.25, 0.3) is 0 Å². The van der Waals surface area contributed by atoms with Crippen LogP contribution in [0, 0.1) is 13.8 Å². The van der Waals surface area contributed by atoms with Crippen LogP contribution in [0.4, 0.5) is 5.69 Å². The second kappa shape index (κ2) is 8.39. The molecule has 27 heavy (non-hydrogen) atoms. The Kier molecular flexibility index (Phi) is 5.96. The second-order valence-electron chi connectivity index (χ2n) is 6.69. The van der Waals surface area contributed by atoms with Gasteiger partial charge in [-0.3, -0.25) is 14.6 Å². The molecule has 2 amide bonds. The molecule has 0 spiro atoms. The third-order valence-corrected chi connectivity index (χ3v) is 5.50. The lowest BCUT2D eigenvalue weighted by atomic mass is 10.1. The summed E-state index contributed by atoms with van der Waals surface area (Å²) >= 11 is 1.32. The van der Waals surface area contributed by atoms with Gasteiger partial charge in [-0.15, -0.1) is 0 Å². The summed E-state index contributed by atoms with van der Waals surface area (Å²) in [6.45, 7) is 5.91. The van der Waals surface area contributed by atoms with Crippen molar-refractivity contribution in [1.82, 2.24) is 5.32 Å². The monoisotopic (exact) mass is 381 g/mol. The molecule has 1 aliphatic rings. The van der Waals surface area contributed by atoms with Gasteiger partial charge in [0.1, 0.15) is 5.25 Å². The lowest BCUT2D eigenvalue weighted by Crippen LogP contribution is -2.28. The van der Waals surface area contributed by atoms with E-state index in [4.69, 9.17) is 0 Å². The summed E-state index contributed by atoms with van der Waals surface area (Å²) in [5.41, 5.74) is 3.94. The van der Waals surface area contributed by atoms with E-state index in [0.717, 1.165) is 22.4 Å². The molecule has 5 nitrogen and oxygen atoms in total. The highest BCUT2D eigenvalue weighted by atomic mass is 32.2. The number of benzene rings is 2. The van der Waals surface area contributed by atoms with E-state index < -0.39 is 5.25 Å². The molecule has 2 atom stereocenters. The fourth-order valence-electron chi connectivity index (χ4n) is 2.82. The van der Waals surface area contributed by atoms with Gasteiger partial charge in [-0.2, -0.15) is 0 Å². The van der Waals surface area contributed by atoms with Crippen molar-refractivity contribution in [1.29, 1.82) is 0 Å². The van der Waals surface area contributed by atoms with Crippen LogP contribution >= 0.6 is 11.8 Å². The number of carbonyl (C=O) groups is 2. The Morgan fingerprint density at radius 3 is 2.70 bits per heavy atom. The van der Waals surface area contributed by atoms with Crippen LogP contribution in [-0.2, 0) is 9.59 Å². The van der Waals surface area contributed by atoms with Crippen molar-refractivity contribution >= 4 is 34.4 Å². The largest absolute Gasteiger partial charge is 0.326 e. The zero-order valence-electron chi connectivity index (χ0n) is 15.7. The maximum atomic E-state index is 12.4. The maximum absolute atomic E-state index is 12.4. The summed E-state index contributed by atoms with van der Waals surface area (Å²) in [4.78, 5) is 29.2. The van der Waals surface area contributed by atoms with Crippen LogP contribution in [-0.4, -0.2) is 22.2 Å². The first-order chi connectivity index (χ1) is 12.9. The standard InChI is InChI=1S/C21H23N3O2S/c1-13-9-10-14(2)17(11-13)23-19(25)12-18-20(26)24-21(27-18)22-15(3)16-7-5-4-6-8-16/h4-11,15,18H,12H2,1-3H3,(H,23,25)(H,22,24,26)/t15-,18-/m0/s1. The molecule has 6 heteroatoms. The minimum atomic E-state index is -0.461. The highest BCUT2D eigenvalue weighted by Gasteiger charge is 2.32. The van der Waals surface area contributed by atoms with Crippen LogP contribution in [0.3, 0.4) is 0 Å². The molecule has 0 unspecified atom stereocenters. The first-order valence-electron chi connectivity index (χ1n) is 8.90. The first kappa shape index (κ1) is 19.2. The quantitative estimate of drug-likeness (QED) is 0.823. The van der Waals surface area contributed by atoms with E-state index in [1.165, 1.54) is 11.8 Å². The minimum Gasteiger partial charge on any atom is -0.326 e. The van der Waals surface area contributed by atoms with Crippen LogP contribution in [0.2, 0.25) is 0 Å². The molecule has 3 rings (SSSR count). The van der Waals surface area contributed by atoms with Gasteiger partial charge in [0.2, 0.25) is 11.8 Å². The summed E-state index contributed by atoms with van der Waals surface area (Å²) in [7, 11) is 0. The van der Waals surface area contributed by atoms with Crippen molar-refractivity contribution < 1.29 is 9.59 Å². The van der Waals surface area contributed by atoms with Gasteiger partial charge in [0, 0.05) is 12.1 Å². The second-order valence-corrected chi connectivity index (χ2v) is 7.88. The van der Waals surface area contributed by atoms with Gasteiger partial charge in [-0.05, 0) is 43.5 Å². The normalized spacial score (nSPS) is 19.0. The first-order valence-corrected chi connectivity index (χ1v) is 9.77. The molecule has 0 saturated carbocycles. The molecular weight excluding hydrogens is 358 g/mol. The Balaban J connectivity index is 1.61. The van der Waals surface area contributed by atoms with Gasteiger partial charge in [-0.25, -0.2) is 0 Å². The number of aliphatic imine (C=N–C) groups is 1. The molecular formula is C21H23N3O2S. The zero-order valence-corrected chi connectivity index (χ0v) is 16.5. The van der Waals surface area contributed by atoms with E-state index in [-0.39, 0.29) is 24.3 Å². The van der Waals surface area contributed by atoms with E-state index in [2.05, 4.69) is 15.6 Å². The number of thioether (sulfide) groups is 1. The molecule has 1 fully saturated rings. The Hall–Kier alpha value is -2.60. The number of amidine groups is 1. The predicted octanol–water partition coefficient (Wildman–Crippen LogP) is 3.98. The highest BCUT2D eigenvalue weighted by Crippen LogP contribution is 2.26. The molecule has 2 aromatic rings. The molecule has 0 aromatic heterocycles. The predicted molar refractivity (Wildman–Crippen MR) is 111 cm³/mol. The number of hydrogen-bond donors (Lipinski definition) is 2. The lowest BCUT2D eigenvalue weighted by molar-refractivity contribution is -0.122. The minimum absolute atomic E-state index is 0.0588. The molecule has 2 aromatic carbocycles. The number of carbonyl (C=O) groups excluding carboxylic acids is 2. The van der Waals surface area contributed by atoms with Crippen molar-refractivity contribution in [3.8, 4) is 0 Å². The summed E-state index contributed by atoms with van der Waals surface area (Å²) in [5.74, 6) is -0.344. The van der Waals surface area contributed by atoms with Crippen LogP contribution in [0.25, 0.3) is 0 Å². The van der Waals surface area contributed by atoms with Gasteiger partial charge < -0.3 is 10.6 Å². The molecule has 0 aliphatic carbocycles. The number of aryl methyl sites for hydroxylation is 2. The number of amides is 2. The average Bonchev–Trinajstić information content (AvgIpc) is 2.97.